The van der Waals surface area contributed by atoms with Gasteiger partial charge in [0.2, 0.25) is 6.17 Å². The molecular formula is C6H6F8O. The molecule has 15 heavy (non-hydrogen) atoms. The second kappa shape index (κ2) is 4.95. The first-order valence-corrected chi connectivity index (χ1v) is 3.51. The smallest absolute Gasteiger partial charge is 0.366 e. The third-order valence-corrected chi connectivity index (χ3v) is 1.18. The number of hydrogen-bond acceptors (Lipinski definition) is 1. The molecule has 0 saturated carbocycles. The van der Waals surface area contributed by atoms with E-state index in [-0.39, 0.29) is 0 Å². The Morgan fingerprint density at radius 3 is 1.67 bits per heavy atom. The van der Waals surface area contributed by atoms with Crippen LogP contribution in [0.3, 0.4) is 0 Å². The van der Waals surface area contributed by atoms with E-state index in [0.29, 0.717) is 0 Å². The van der Waals surface area contributed by atoms with Gasteiger partial charge in [-0.25, -0.2) is 22.0 Å². The van der Waals surface area contributed by atoms with Gasteiger partial charge in [-0.3, -0.25) is 0 Å². The molecule has 9 heteroatoms. The molecule has 0 radical (unpaired) electrons. The SMILES string of the molecule is FC(F)C(F)C(F)(F)COCC(F)(F)F. The van der Waals surface area contributed by atoms with E-state index in [2.05, 4.69) is 4.74 Å². The van der Waals surface area contributed by atoms with Gasteiger partial charge in [0.05, 0.1) is 0 Å². The van der Waals surface area contributed by atoms with Gasteiger partial charge in [-0.1, -0.05) is 0 Å². The standard InChI is InChI=1S/C6H6F8O/c7-3(4(8)9)5(10,11)1-15-2-6(12,13)14/h3-4H,1-2H2. The molecule has 0 N–H and O–H groups in total. The number of rotatable bonds is 5. The topological polar surface area (TPSA) is 9.23 Å². The maximum Gasteiger partial charge on any atom is 0.411 e. The van der Waals surface area contributed by atoms with Crippen molar-refractivity contribution < 1.29 is 39.9 Å². The zero-order valence-corrected chi connectivity index (χ0v) is 7.00. The molecule has 0 spiro atoms. The van der Waals surface area contributed by atoms with Crippen LogP contribution in [0.4, 0.5) is 35.1 Å². The minimum atomic E-state index is -4.87. The van der Waals surface area contributed by atoms with Crippen molar-refractivity contribution in [1.82, 2.24) is 0 Å². The lowest BCUT2D eigenvalue weighted by molar-refractivity contribution is -0.209. The van der Waals surface area contributed by atoms with Crippen molar-refractivity contribution in [2.75, 3.05) is 13.2 Å². The first-order valence-electron chi connectivity index (χ1n) is 3.51. The summed E-state index contributed by atoms with van der Waals surface area (Å²) in [6, 6.07) is 0. The van der Waals surface area contributed by atoms with Gasteiger partial charge in [0.15, 0.2) is 0 Å². The van der Waals surface area contributed by atoms with Crippen molar-refractivity contribution in [3.05, 3.63) is 0 Å². The van der Waals surface area contributed by atoms with Gasteiger partial charge in [-0.05, 0) is 0 Å². The molecule has 0 rings (SSSR count). The summed E-state index contributed by atoms with van der Waals surface area (Å²) >= 11 is 0. The van der Waals surface area contributed by atoms with E-state index in [1.807, 2.05) is 0 Å². The Kier molecular flexibility index (Phi) is 4.75. The molecule has 0 aromatic rings. The van der Waals surface area contributed by atoms with Crippen LogP contribution < -0.4 is 0 Å². The van der Waals surface area contributed by atoms with Crippen LogP contribution in [0.25, 0.3) is 0 Å². The first kappa shape index (κ1) is 14.4. The minimum absolute atomic E-state index is 2.04. The molecule has 0 heterocycles. The number of hydrogen-bond donors (Lipinski definition) is 0. The summed E-state index contributed by atoms with van der Waals surface area (Å²) in [7, 11) is 0. The predicted octanol–water partition coefficient (Wildman–Crippen LogP) is 2.80. The maximum absolute atomic E-state index is 12.3. The molecule has 1 nitrogen and oxygen atoms in total. The highest BCUT2D eigenvalue weighted by Gasteiger charge is 2.47. The summed E-state index contributed by atoms with van der Waals surface area (Å²) in [6.07, 6.45) is -12.7. The number of ether oxygens (including phenoxy) is 1. The van der Waals surface area contributed by atoms with E-state index < -0.39 is 37.9 Å². The normalized spacial score (nSPS) is 15.8. The van der Waals surface area contributed by atoms with Crippen LogP contribution in [0.5, 0.6) is 0 Å². The lowest BCUT2D eigenvalue weighted by Crippen LogP contribution is -2.40. The molecule has 0 aromatic heterocycles. The van der Waals surface area contributed by atoms with E-state index in [0.717, 1.165) is 0 Å². The molecule has 0 aliphatic carbocycles. The average molecular weight is 246 g/mol. The summed E-state index contributed by atoms with van der Waals surface area (Å²) in [4.78, 5) is 0. The number of halogens is 8. The van der Waals surface area contributed by atoms with Crippen LogP contribution in [0.2, 0.25) is 0 Å². The maximum atomic E-state index is 12.3. The fraction of sp³-hybridized carbons (Fsp3) is 1.00. The van der Waals surface area contributed by atoms with Crippen molar-refractivity contribution >= 4 is 0 Å². The summed E-state index contributed by atoms with van der Waals surface area (Å²) in [6.45, 7) is -4.09. The Hall–Kier alpha value is -0.600. The van der Waals surface area contributed by atoms with Crippen molar-refractivity contribution in [3.8, 4) is 0 Å². The first-order chi connectivity index (χ1) is 6.56. The Morgan fingerprint density at radius 2 is 1.33 bits per heavy atom. The van der Waals surface area contributed by atoms with E-state index in [1.54, 1.807) is 0 Å². The quantitative estimate of drug-likeness (QED) is 0.678. The third kappa shape index (κ3) is 5.75. The van der Waals surface area contributed by atoms with E-state index >= 15 is 0 Å². The van der Waals surface area contributed by atoms with Gasteiger partial charge in [0.25, 0.3) is 6.43 Å². The monoisotopic (exact) mass is 246 g/mol. The second-order valence-corrected chi connectivity index (χ2v) is 2.61. The van der Waals surface area contributed by atoms with Gasteiger partial charge in [-0.15, -0.1) is 0 Å². The van der Waals surface area contributed by atoms with Crippen LogP contribution in [0.15, 0.2) is 0 Å². The van der Waals surface area contributed by atoms with E-state index in [4.69, 9.17) is 0 Å². The van der Waals surface area contributed by atoms with Crippen molar-refractivity contribution in [1.29, 1.82) is 0 Å². The fourth-order valence-corrected chi connectivity index (χ4v) is 0.567. The van der Waals surface area contributed by atoms with Gasteiger partial charge in [-0.2, -0.15) is 13.2 Å². The fourth-order valence-electron chi connectivity index (χ4n) is 0.567. The summed E-state index contributed by atoms with van der Waals surface area (Å²) < 4.78 is 97.1. The summed E-state index contributed by atoms with van der Waals surface area (Å²) in [5.41, 5.74) is 0. The van der Waals surface area contributed by atoms with Crippen LogP contribution in [0.1, 0.15) is 0 Å². The largest absolute Gasteiger partial charge is 0.411 e. The highest BCUT2D eigenvalue weighted by Crippen LogP contribution is 2.27. The molecule has 0 fully saturated rings. The molecule has 0 aliphatic heterocycles. The molecule has 0 bridgehead atoms. The summed E-state index contributed by atoms with van der Waals surface area (Å²) in [5.74, 6) is -4.64. The van der Waals surface area contributed by atoms with Crippen molar-refractivity contribution in [2.45, 2.75) is 24.7 Å². The van der Waals surface area contributed by atoms with Crippen molar-refractivity contribution in [3.63, 3.8) is 0 Å². The van der Waals surface area contributed by atoms with Crippen LogP contribution in [-0.2, 0) is 4.74 Å². The molecule has 1 unspecified atom stereocenters. The highest BCUT2D eigenvalue weighted by atomic mass is 19.4. The zero-order chi connectivity index (χ0) is 12.3. The molecule has 92 valence electrons. The number of alkyl halides is 8. The van der Waals surface area contributed by atoms with Crippen molar-refractivity contribution in [2.24, 2.45) is 0 Å². The van der Waals surface area contributed by atoms with E-state index in [9.17, 15) is 35.1 Å². The molecule has 1 atom stereocenters. The van der Waals surface area contributed by atoms with Gasteiger partial charge < -0.3 is 4.74 Å². The van der Waals surface area contributed by atoms with Crippen LogP contribution >= 0.6 is 0 Å². The van der Waals surface area contributed by atoms with Gasteiger partial charge in [0, 0.05) is 0 Å². The Morgan fingerprint density at radius 1 is 0.867 bits per heavy atom. The zero-order valence-electron chi connectivity index (χ0n) is 7.00. The van der Waals surface area contributed by atoms with Gasteiger partial charge >= 0.3 is 12.1 Å². The predicted molar refractivity (Wildman–Crippen MR) is 32.7 cm³/mol. The van der Waals surface area contributed by atoms with Gasteiger partial charge in [0.1, 0.15) is 13.2 Å². The van der Waals surface area contributed by atoms with Crippen LogP contribution in [0, 0.1) is 0 Å². The Balaban J connectivity index is 4.05. The molecule has 0 saturated heterocycles. The lowest BCUT2D eigenvalue weighted by Gasteiger charge is -2.20. The highest BCUT2D eigenvalue weighted by molar-refractivity contribution is 4.78. The van der Waals surface area contributed by atoms with E-state index in [1.165, 1.54) is 0 Å². The summed E-state index contributed by atoms with van der Waals surface area (Å²) in [5, 5.41) is 0. The Bertz CT molecular complexity index is 188. The Labute approximate surface area is 79.0 Å². The molecule has 0 amide bonds. The second-order valence-electron chi connectivity index (χ2n) is 2.61. The minimum Gasteiger partial charge on any atom is -0.366 e. The molecular weight excluding hydrogens is 240 g/mol. The van der Waals surface area contributed by atoms with Crippen LogP contribution in [-0.4, -0.2) is 37.9 Å². The average Bonchev–Trinajstić information content (AvgIpc) is 1.99. The molecule has 0 aliphatic rings. The lowest BCUT2D eigenvalue weighted by atomic mass is 10.2. The third-order valence-electron chi connectivity index (χ3n) is 1.18. The molecule has 0 aromatic carbocycles.